The Morgan fingerprint density at radius 3 is 2.58 bits per heavy atom. The Morgan fingerprint density at radius 2 is 1.85 bits per heavy atom. The fourth-order valence-corrected chi connectivity index (χ4v) is 2.91. The minimum Gasteiger partial charge on any atom is -0.506 e. The molecule has 0 spiro atoms. The number of rotatable bonds is 4. The summed E-state index contributed by atoms with van der Waals surface area (Å²) in [5.74, 6) is -0.0736. The van der Waals surface area contributed by atoms with E-state index in [4.69, 9.17) is 0 Å². The van der Waals surface area contributed by atoms with E-state index in [1.807, 2.05) is 0 Å². The average molecular weight is 351 g/mol. The summed E-state index contributed by atoms with van der Waals surface area (Å²) < 4.78 is 0. The molecule has 3 rings (SSSR count). The fraction of sp³-hybridized carbons (Fsp3) is 0.158. The van der Waals surface area contributed by atoms with Crippen LogP contribution in [0.25, 0.3) is 0 Å². The lowest BCUT2D eigenvalue weighted by Crippen LogP contribution is -2.37. The SMILES string of the molecule is CC1=C[C@](N=Nc2ccccc2O)(c2ccccc2[N+](=O)[O-])[C@H](O)C=C1. The maximum Gasteiger partial charge on any atom is 0.275 e. The van der Waals surface area contributed by atoms with E-state index < -0.39 is 16.6 Å². The highest BCUT2D eigenvalue weighted by atomic mass is 16.6. The summed E-state index contributed by atoms with van der Waals surface area (Å²) >= 11 is 0. The number of phenols is 1. The minimum absolute atomic E-state index is 0.0736. The number of aliphatic hydroxyl groups is 1. The number of phenolic OH excluding ortho intramolecular Hbond substituents is 1. The Morgan fingerprint density at radius 1 is 1.15 bits per heavy atom. The molecule has 26 heavy (non-hydrogen) atoms. The Bertz CT molecular complexity index is 936. The van der Waals surface area contributed by atoms with Gasteiger partial charge in [-0.05, 0) is 31.2 Å². The third-order valence-electron chi connectivity index (χ3n) is 4.18. The minimum atomic E-state index is -1.47. The molecule has 2 N–H and O–H groups in total. The van der Waals surface area contributed by atoms with Gasteiger partial charge in [0.05, 0.1) is 10.5 Å². The lowest BCUT2D eigenvalue weighted by atomic mass is 9.79. The van der Waals surface area contributed by atoms with Crippen LogP contribution in [-0.2, 0) is 5.54 Å². The molecule has 0 bridgehead atoms. The first-order chi connectivity index (χ1) is 12.4. The Balaban J connectivity index is 2.21. The van der Waals surface area contributed by atoms with Crippen LogP contribution >= 0.6 is 0 Å². The lowest BCUT2D eigenvalue weighted by molar-refractivity contribution is -0.386. The third-order valence-corrected chi connectivity index (χ3v) is 4.18. The standard InChI is InChI=1S/C19H17N3O4/c1-13-10-11-18(24)19(12-13,14-6-2-4-8-16(14)22(25)26)21-20-15-7-3-5-9-17(15)23/h2-12,18,23-24H,1H3/t18-,19+/m1/s1. The van der Waals surface area contributed by atoms with Crippen LogP contribution in [0.15, 0.2) is 82.6 Å². The van der Waals surface area contributed by atoms with Gasteiger partial charge in [-0.25, -0.2) is 0 Å². The van der Waals surface area contributed by atoms with Crippen LogP contribution in [0.1, 0.15) is 12.5 Å². The Hall–Kier alpha value is -3.32. The van der Waals surface area contributed by atoms with Crippen LogP contribution in [0.5, 0.6) is 5.75 Å². The number of azo groups is 1. The Labute approximate surface area is 149 Å². The lowest BCUT2D eigenvalue weighted by Gasteiger charge is -2.31. The van der Waals surface area contributed by atoms with Crippen molar-refractivity contribution in [3.05, 3.63) is 88.0 Å². The summed E-state index contributed by atoms with van der Waals surface area (Å²) in [6.45, 7) is 1.81. The van der Waals surface area contributed by atoms with Crippen molar-refractivity contribution in [2.75, 3.05) is 0 Å². The predicted molar refractivity (Wildman–Crippen MR) is 96.3 cm³/mol. The fourth-order valence-electron chi connectivity index (χ4n) is 2.91. The summed E-state index contributed by atoms with van der Waals surface area (Å²) in [5, 5.41) is 40.4. The summed E-state index contributed by atoms with van der Waals surface area (Å²) in [5.41, 5.74) is -0.421. The molecule has 0 aromatic heterocycles. The van der Waals surface area contributed by atoms with Crippen molar-refractivity contribution in [3.63, 3.8) is 0 Å². The number of allylic oxidation sites excluding steroid dienone is 2. The summed E-state index contributed by atoms with van der Waals surface area (Å²) in [7, 11) is 0. The first-order valence-electron chi connectivity index (χ1n) is 7.94. The van der Waals surface area contributed by atoms with Crippen molar-refractivity contribution in [2.45, 2.75) is 18.6 Å². The molecule has 7 nitrogen and oxygen atoms in total. The molecule has 0 radical (unpaired) electrons. The molecule has 0 aliphatic heterocycles. The molecule has 1 aliphatic rings. The number of benzene rings is 2. The van der Waals surface area contributed by atoms with E-state index in [1.165, 1.54) is 18.2 Å². The molecule has 132 valence electrons. The maximum absolute atomic E-state index is 11.5. The molecule has 0 unspecified atom stereocenters. The summed E-state index contributed by atoms with van der Waals surface area (Å²) in [6.07, 6.45) is 3.73. The molecular formula is C19H17N3O4. The molecular weight excluding hydrogens is 334 g/mol. The predicted octanol–water partition coefficient (Wildman–Crippen LogP) is 4.16. The third kappa shape index (κ3) is 3.12. The second kappa shape index (κ2) is 6.89. The molecule has 1 aliphatic carbocycles. The van der Waals surface area contributed by atoms with Crippen molar-refractivity contribution < 1.29 is 15.1 Å². The first-order valence-corrected chi connectivity index (χ1v) is 7.94. The van der Waals surface area contributed by atoms with Gasteiger partial charge >= 0.3 is 0 Å². The monoisotopic (exact) mass is 351 g/mol. The normalized spacial score (nSPS) is 22.4. The zero-order chi connectivity index (χ0) is 18.7. The molecule has 7 heteroatoms. The number of nitro groups is 1. The molecule has 2 atom stereocenters. The van der Waals surface area contributed by atoms with E-state index in [9.17, 15) is 20.3 Å². The number of hydrogen-bond acceptors (Lipinski definition) is 6. The van der Waals surface area contributed by atoms with Gasteiger partial charge in [0.1, 0.15) is 17.5 Å². The maximum atomic E-state index is 11.5. The van der Waals surface area contributed by atoms with Gasteiger partial charge in [-0.3, -0.25) is 10.1 Å². The molecule has 0 fully saturated rings. The van der Waals surface area contributed by atoms with Gasteiger partial charge in [-0.1, -0.05) is 42.0 Å². The van der Waals surface area contributed by atoms with Crippen molar-refractivity contribution in [2.24, 2.45) is 10.2 Å². The van der Waals surface area contributed by atoms with E-state index in [2.05, 4.69) is 10.2 Å². The van der Waals surface area contributed by atoms with E-state index in [-0.39, 0.29) is 22.7 Å². The van der Waals surface area contributed by atoms with E-state index in [0.29, 0.717) is 0 Å². The first kappa shape index (κ1) is 17.5. The van der Waals surface area contributed by atoms with Crippen molar-refractivity contribution in [1.29, 1.82) is 0 Å². The van der Waals surface area contributed by atoms with E-state index in [0.717, 1.165) is 5.57 Å². The zero-order valence-electron chi connectivity index (χ0n) is 14.0. The van der Waals surface area contributed by atoms with Crippen LogP contribution in [0, 0.1) is 10.1 Å². The van der Waals surface area contributed by atoms with Gasteiger partial charge in [0.2, 0.25) is 0 Å². The van der Waals surface area contributed by atoms with Crippen LogP contribution < -0.4 is 0 Å². The molecule has 0 heterocycles. The van der Waals surface area contributed by atoms with Gasteiger partial charge in [0.25, 0.3) is 5.69 Å². The van der Waals surface area contributed by atoms with Crippen LogP contribution in [0.2, 0.25) is 0 Å². The van der Waals surface area contributed by atoms with E-state index >= 15 is 0 Å². The number of hydrogen-bond donors (Lipinski definition) is 2. The Kier molecular flexibility index (Phi) is 4.64. The van der Waals surface area contributed by atoms with Gasteiger partial charge in [0.15, 0.2) is 5.54 Å². The van der Waals surface area contributed by atoms with Crippen molar-refractivity contribution >= 4 is 11.4 Å². The summed E-state index contributed by atoms with van der Waals surface area (Å²) in [4.78, 5) is 11.0. The van der Waals surface area contributed by atoms with Crippen molar-refractivity contribution in [3.8, 4) is 5.75 Å². The van der Waals surface area contributed by atoms with Crippen molar-refractivity contribution in [1.82, 2.24) is 0 Å². The highest BCUT2D eigenvalue weighted by Crippen LogP contribution is 2.42. The van der Waals surface area contributed by atoms with Gasteiger partial charge in [0, 0.05) is 6.07 Å². The smallest absolute Gasteiger partial charge is 0.275 e. The number of nitro benzene ring substituents is 1. The highest BCUT2D eigenvalue weighted by molar-refractivity contribution is 5.53. The number of aliphatic hydroxyl groups excluding tert-OH is 1. The second-order valence-corrected chi connectivity index (χ2v) is 5.98. The molecule has 0 saturated carbocycles. The second-order valence-electron chi connectivity index (χ2n) is 5.98. The molecule has 2 aromatic carbocycles. The zero-order valence-corrected chi connectivity index (χ0v) is 14.0. The highest BCUT2D eigenvalue weighted by Gasteiger charge is 2.43. The van der Waals surface area contributed by atoms with Crippen LogP contribution in [0.3, 0.4) is 0 Å². The molecule has 0 saturated heterocycles. The number of para-hydroxylation sites is 2. The number of aromatic hydroxyl groups is 1. The molecule has 0 amide bonds. The average Bonchev–Trinajstić information content (AvgIpc) is 2.63. The van der Waals surface area contributed by atoms with E-state index in [1.54, 1.807) is 55.5 Å². The van der Waals surface area contributed by atoms with Gasteiger partial charge < -0.3 is 10.2 Å². The van der Waals surface area contributed by atoms with Gasteiger partial charge in [-0.2, -0.15) is 10.2 Å². The summed E-state index contributed by atoms with van der Waals surface area (Å²) in [6, 6.07) is 12.5. The number of nitrogens with zero attached hydrogens (tertiary/aromatic N) is 3. The van der Waals surface area contributed by atoms with Gasteiger partial charge in [-0.15, -0.1) is 0 Å². The topological polar surface area (TPSA) is 108 Å². The largest absolute Gasteiger partial charge is 0.506 e. The quantitative estimate of drug-likeness (QED) is 0.490. The molecule has 2 aromatic rings. The van der Waals surface area contributed by atoms with Crippen LogP contribution in [-0.4, -0.2) is 21.2 Å². The van der Waals surface area contributed by atoms with Crippen LogP contribution in [0.4, 0.5) is 11.4 Å².